The summed E-state index contributed by atoms with van der Waals surface area (Å²) in [6.07, 6.45) is 18.3. The summed E-state index contributed by atoms with van der Waals surface area (Å²) in [7, 11) is 0. The van der Waals surface area contributed by atoms with Gasteiger partial charge in [-0.2, -0.15) is 0 Å². The number of unbranched alkanes of at least 4 members (excludes halogenated alkanes) is 2. The normalized spacial score (nSPS) is 23.1. The standard InChI is InChI=1S/C24H36N2/c1-7-11-13-25-17-21(9-3)23(15-19(25)5)24-16-20(6)26(14-12-8-2)18-22(24)10-4/h9-10,15-18,23-24H,3-4,7-8,11-14H2,1-2,5-6H3. The minimum Gasteiger partial charge on any atom is -0.352 e. The zero-order valence-corrected chi connectivity index (χ0v) is 17.2. The van der Waals surface area contributed by atoms with E-state index < -0.39 is 0 Å². The van der Waals surface area contributed by atoms with Crippen LogP contribution in [0.25, 0.3) is 0 Å². The quantitative estimate of drug-likeness (QED) is 0.474. The van der Waals surface area contributed by atoms with Crippen molar-refractivity contribution in [2.24, 2.45) is 11.8 Å². The summed E-state index contributed by atoms with van der Waals surface area (Å²) in [5, 5.41) is 0. The van der Waals surface area contributed by atoms with Crippen LogP contribution in [0.4, 0.5) is 0 Å². The van der Waals surface area contributed by atoms with Gasteiger partial charge in [-0.3, -0.25) is 0 Å². The van der Waals surface area contributed by atoms with Gasteiger partial charge in [0.25, 0.3) is 0 Å². The second-order valence-corrected chi connectivity index (χ2v) is 7.43. The van der Waals surface area contributed by atoms with E-state index in [2.05, 4.69) is 75.2 Å². The molecule has 0 aromatic heterocycles. The minimum atomic E-state index is 0.331. The number of hydrogen-bond acceptors (Lipinski definition) is 2. The molecule has 26 heavy (non-hydrogen) atoms. The molecule has 2 rings (SSSR count). The molecule has 0 fully saturated rings. The van der Waals surface area contributed by atoms with Gasteiger partial charge >= 0.3 is 0 Å². The molecule has 2 heterocycles. The fraction of sp³-hybridized carbons (Fsp3) is 0.500. The molecule has 2 aliphatic rings. The molecule has 0 saturated heterocycles. The molecule has 2 atom stereocenters. The van der Waals surface area contributed by atoms with Crippen molar-refractivity contribution in [1.82, 2.24) is 9.80 Å². The molecule has 0 radical (unpaired) electrons. The molecule has 0 aromatic rings. The summed E-state index contributed by atoms with van der Waals surface area (Å²) in [6.45, 7) is 19.3. The van der Waals surface area contributed by atoms with Gasteiger partial charge in [0, 0.05) is 48.7 Å². The van der Waals surface area contributed by atoms with E-state index in [0.29, 0.717) is 11.8 Å². The maximum atomic E-state index is 4.09. The van der Waals surface area contributed by atoms with Crippen LogP contribution in [0.15, 0.2) is 72.4 Å². The zero-order valence-electron chi connectivity index (χ0n) is 17.2. The number of nitrogens with zero attached hydrogens (tertiary/aromatic N) is 2. The second kappa shape index (κ2) is 9.66. The Bertz CT molecular complexity index is 577. The summed E-state index contributed by atoms with van der Waals surface area (Å²) in [4.78, 5) is 4.75. The third-order valence-electron chi connectivity index (χ3n) is 5.49. The average molecular weight is 353 g/mol. The Morgan fingerprint density at radius 2 is 1.19 bits per heavy atom. The molecule has 2 nitrogen and oxygen atoms in total. The number of hydrogen-bond donors (Lipinski definition) is 0. The lowest BCUT2D eigenvalue weighted by Gasteiger charge is -2.37. The van der Waals surface area contributed by atoms with Gasteiger partial charge in [-0.1, -0.05) is 64.2 Å². The number of rotatable bonds is 9. The molecule has 0 aliphatic carbocycles. The Hall–Kier alpha value is -1.96. The molecule has 0 spiro atoms. The van der Waals surface area contributed by atoms with Crippen molar-refractivity contribution in [3.63, 3.8) is 0 Å². The van der Waals surface area contributed by atoms with Crippen LogP contribution in [0.1, 0.15) is 53.4 Å². The maximum absolute atomic E-state index is 4.09. The van der Waals surface area contributed by atoms with Crippen LogP contribution in [-0.2, 0) is 0 Å². The maximum Gasteiger partial charge on any atom is 0.0222 e. The predicted octanol–water partition coefficient (Wildman–Crippen LogP) is 6.40. The van der Waals surface area contributed by atoms with E-state index in [9.17, 15) is 0 Å². The van der Waals surface area contributed by atoms with E-state index in [1.54, 1.807) is 0 Å². The topological polar surface area (TPSA) is 6.48 Å². The highest BCUT2D eigenvalue weighted by Gasteiger charge is 2.29. The van der Waals surface area contributed by atoms with Gasteiger partial charge in [-0.05, 0) is 37.8 Å². The average Bonchev–Trinajstić information content (AvgIpc) is 2.65. The van der Waals surface area contributed by atoms with Crippen LogP contribution in [-0.4, -0.2) is 22.9 Å². The molecule has 0 bridgehead atoms. The zero-order chi connectivity index (χ0) is 19.1. The van der Waals surface area contributed by atoms with Crippen molar-refractivity contribution in [2.45, 2.75) is 53.4 Å². The van der Waals surface area contributed by atoms with Crippen molar-refractivity contribution < 1.29 is 0 Å². The van der Waals surface area contributed by atoms with Crippen LogP contribution < -0.4 is 0 Å². The van der Waals surface area contributed by atoms with E-state index in [1.165, 1.54) is 48.2 Å². The molecule has 0 aromatic carbocycles. The summed E-state index contributed by atoms with van der Waals surface area (Å²) in [5.41, 5.74) is 5.29. The van der Waals surface area contributed by atoms with Crippen LogP contribution in [0.2, 0.25) is 0 Å². The fourth-order valence-electron chi connectivity index (χ4n) is 3.78. The predicted molar refractivity (Wildman–Crippen MR) is 114 cm³/mol. The first kappa shape index (κ1) is 20.4. The van der Waals surface area contributed by atoms with Gasteiger partial charge in [0.2, 0.25) is 0 Å². The first-order chi connectivity index (χ1) is 12.5. The molecular weight excluding hydrogens is 316 g/mol. The van der Waals surface area contributed by atoms with Crippen molar-refractivity contribution in [3.8, 4) is 0 Å². The molecule has 2 unspecified atom stereocenters. The molecule has 0 amide bonds. The van der Waals surface area contributed by atoms with Gasteiger partial charge in [0.1, 0.15) is 0 Å². The highest BCUT2D eigenvalue weighted by atomic mass is 15.1. The first-order valence-electron chi connectivity index (χ1n) is 10.1. The first-order valence-corrected chi connectivity index (χ1v) is 10.1. The van der Waals surface area contributed by atoms with Gasteiger partial charge in [0.05, 0.1) is 0 Å². The third kappa shape index (κ3) is 4.60. The second-order valence-electron chi connectivity index (χ2n) is 7.43. The van der Waals surface area contributed by atoms with E-state index in [-0.39, 0.29) is 0 Å². The Labute approximate surface area is 161 Å². The largest absolute Gasteiger partial charge is 0.352 e. The Morgan fingerprint density at radius 3 is 1.50 bits per heavy atom. The van der Waals surface area contributed by atoms with E-state index in [1.807, 2.05) is 12.2 Å². The van der Waals surface area contributed by atoms with Gasteiger partial charge in [0.15, 0.2) is 0 Å². The van der Waals surface area contributed by atoms with Crippen LogP contribution in [0.3, 0.4) is 0 Å². The van der Waals surface area contributed by atoms with E-state index >= 15 is 0 Å². The van der Waals surface area contributed by atoms with Gasteiger partial charge in [-0.25, -0.2) is 0 Å². The molecule has 2 heteroatoms. The summed E-state index contributed by atoms with van der Waals surface area (Å²) >= 11 is 0. The third-order valence-corrected chi connectivity index (χ3v) is 5.49. The minimum absolute atomic E-state index is 0.331. The van der Waals surface area contributed by atoms with Crippen molar-refractivity contribution in [2.75, 3.05) is 13.1 Å². The lowest BCUT2D eigenvalue weighted by Crippen LogP contribution is -2.30. The molecule has 0 saturated carbocycles. The Balaban J connectivity index is 2.28. The van der Waals surface area contributed by atoms with Crippen LogP contribution >= 0.6 is 0 Å². The van der Waals surface area contributed by atoms with Gasteiger partial charge in [-0.15, -0.1) is 0 Å². The van der Waals surface area contributed by atoms with Crippen LogP contribution in [0, 0.1) is 11.8 Å². The Morgan fingerprint density at radius 1 is 0.808 bits per heavy atom. The van der Waals surface area contributed by atoms with E-state index in [0.717, 1.165) is 13.1 Å². The van der Waals surface area contributed by atoms with Crippen molar-refractivity contribution >= 4 is 0 Å². The highest BCUT2D eigenvalue weighted by molar-refractivity contribution is 5.40. The lowest BCUT2D eigenvalue weighted by atomic mass is 9.77. The summed E-state index contributed by atoms with van der Waals surface area (Å²) < 4.78 is 0. The monoisotopic (exact) mass is 352 g/mol. The summed E-state index contributed by atoms with van der Waals surface area (Å²) in [5.74, 6) is 0.663. The molecule has 2 aliphatic heterocycles. The number of allylic oxidation sites excluding steroid dienone is 8. The Kier molecular flexibility index (Phi) is 7.56. The molecule has 142 valence electrons. The summed E-state index contributed by atoms with van der Waals surface area (Å²) in [6, 6.07) is 0. The molecule has 0 N–H and O–H groups in total. The fourth-order valence-corrected chi connectivity index (χ4v) is 3.78. The van der Waals surface area contributed by atoms with E-state index in [4.69, 9.17) is 0 Å². The SMILES string of the molecule is C=CC1=CN(CCCC)C(C)=CC1C1C=C(C)N(CCCC)C=C1C=C. The molecular formula is C24H36N2. The van der Waals surface area contributed by atoms with Gasteiger partial charge < -0.3 is 9.80 Å². The smallest absolute Gasteiger partial charge is 0.0222 e. The van der Waals surface area contributed by atoms with Crippen LogP contribution in [0.5, 0.6) is 0 Å². The lowest BCUT2D eigenvalue weighted by molar-refractivity contribution is 0.400. The highest BCUT2D eigenvalue weighted by Crippen LogP contribution is 2.38. The van der Waals surface area contributed by atoms with Crippen molar-refractivity contribution in [3.05, 3.63) is 72.4 Å². The van der Waals surface area contributed by atoms with Crippen molar-refractivity contribution in [1.29, 1.82) is 0 Å².